The summed E-state index contributed by atoms with van der Waals surface area (Å²) in [5, 5.41) is 9.40. The van der Waals surface area contributed by atoms with Gasteiger partial charge in [0, 0.05) is 23.8 Å². The van der Waals surface area contributed by atoms with Gasteiger partial charge < -0.3 is 9.84 Å². The molecule has 3 nitrogen and oxygen atoms in total. The first-order valence-corrected chi connectivity index (χ1v) is 7.51. The Balaban J connectivity index is 0.00000106. The molecule has 21 heavy (non-hydrogen) atoms. The van der Waals surface area contributed by atoms with Crippen LogP contribution in [0.5, 0.6) is 11.5 Å². The molecular formula is C17H22NO2S+. The average Bonchev–Trinajstić information content (AvgIpc) is 2.56. The summed E-state index contributed by atoms with van der Waals surface area (Å²) >= 11 is 4.19. The second kappa shape index (κ2) is 9.08. The fraction of sp³-hybridized carbons (Fsp3) is 0.235. The third-order valence-electron chi connectivity index (χ3n) is 2.75. The van der Waals surface area contributed by atoms with Gasteiger partial charge in [0.15, 0.2) is 18.3 Å². The van der Waals surface area contributed by atoms with Gasteiger partial charge in [-0.1, -0.05) is 26.0 Å². The molecule has 0 aliphatic heterocycles. The van der Waals surface area contributed by atoms with Crippen LogP contribution in [0, 0.1) is 0 Å². The van der Waals surface area contributed by atoms with Crippen molar-refractivity contribution >= 4 is 24.8 Å². The van der Waals surface area contributed by atoms with Crippen LogP contribution >= 0.6 is 12.6 Å². The molecule has 0 saturated heterocycles. The van der Waals surface area contributed by atoms with Gasteiger partial charge in [-0.3, -0.25) is 0 Å². The Hall–Kier alpha value is -1.94. The van der Waals surface area contributed by atoms with Crippen LogP contribution in [0.15, 0.2) is 42.7 Å². The minimum Gasteiger partial charge on any atom is -0.508 e. The molecule has 4 heteroatoms. The maximum atomic E-state index is 9.40. The number of hydrogen-bond acceptors (Lipinski definition) is 3. The number of nitrogens with zero attached hydrogens (tertiary/aromatic N) is 1. The smallest absolute Gasteiger partial charge is 0.191 e. The molecule has 0 saturated carbocycles. The number of methoxy groups -OCH3 is 1. The van der Waals surface area contributed by atoms with E-state index < -0.39 is 0 Å². The van der Waals surface area contributed by atoms with Gasteiger partial charge in [0.2, 0.25) is 0 Å². The largest absolute Gasteiger partial charge is 0.508 e. The molecule has 2 rings (SSSR count). The van der Waals surface area contributed by atoms with E-state index in [0.29, 0.717) is 11.6 Å². The van der Waals surface area contributed by atoms with Gasteiger partial charge in [-0.25, -0.2) is 0 Å². The second-order valence-corrected chi connectivity index (χ2v) is 4.33. The number of pyridine rings is 1. The minimum absolute atomic E-state index is 0.198. The number of benzene rings is 1. The average molecular weight is 304 g/mol. The van der Waals surface area contributed by atoms with E-state index in [1.165, 1.54) is 0 Å². The molecule has 0 atom stereocenters. The van der Waals surface area contributed by atoms with Crippen molar-refractivity contribution in [2.45, 2.75) is 19.7 Å². The van der Waals surface area contributed by atoms with Crippen molar-refractivity contribution in [2.24, 2.45) is 0 Å². The topological polar surface area (TPSA) is 33.3 Å². The first kappa shape index (κ1) is 17.1. The molecule has 0 radical (unpaired) electrons. The zero-order chi connectivity index (χ0) is 15.7. The van der Waals surface area contributed by atoms with Crippen molar-refractivity contribution in [2.75, 3.05) is 7.11 Å². The van der Waals surface area contributed by atoms with Gasteiger partial charge in [0.05, 0.1) is 7.11 Å². The first-order chi connectivity index (χ1) is 10.2. The van der Waals surface area contributed by atoms with Crippen LogP contribution in [0.3, 0.4) is 0 Å². The summed E-state index contributed by atoms with van der Waals surface area (Å²) in [6.45, 7) is 4.00. The highest BCUT2D eigenvalue weighted by molar-refractivity contribution is 7.78. The predicted octanol–water partition coefficient (Wildman–Crippen LogP) is 3.77. The van der Waals surface area contributed by atoms with Gasteiger partial charge >= 0.3 is 0 Å². The Morgan fingerprint density at radius 3 is 2.38 bits per heavy atom. The van der Waals surface area contributed by atoms with Crippen LogP contribution in [-0.2, 0) is 5.88 Å². The predicted molar refractivity (Wildman–Crippen MR) is 90.6 cm³/mol. The number of hydrogen-bond donors (Lipinski definition) is 2. The lowest BCUT2D eigenvalue weighted by Gasteiger charge is -2.04. The molecule has 1 aromatic heterocycles. The van der Waals surface area contributed by atoms with E-state index in [-0.39, 0.29) is 5.75 Å². The number of thiol groups is 1. The highest BCUT2D eigenvalue weighted by Crippen LogP contribution is 2.25. The lowest BCUT2D eigenvalue weighted by atomic mass is 10.1. The Bertz CT molecular complexity index is 580. The third-order valence-corrected chi connectivity index (χ3v) is 3.08. The number of phenolic OH excluding ortho intramolecular Hbond substituents is 1. The standard InChI is InChI=1S/C15H15NO2S.C2H6/c1-18-15-10-14(17)5-4-13(15)3-2-12-6-8-16(11-19)9-7-12;1-2/h2-10,19H,11H2,1H3;1-2H3/p+1. The Morgan fingerprint density at radius 2 is 1.81 bits per heavy atom. The zero-order valence-electron chi connectivity index (χ0n) is 12.7. The lowest BCUT2D eigenvalue weighted by Crippen LogP contribution is -2.29. The zero-order valence-corrected chi connectivity index (χ0v) is 13.5. The highest BCUT2D eigenvalue weighted by Gasteiger charge is 2.01. The molecule has 0 spiro atoms. The van der Waals surface area contributed by atoms with E-state index in [4.69, 9.17) is 4.74 Å². The van der Waals surface area contributed by atoms with Crippen molar-refractivity contribution in [1.82, 2.24) is 0 Å². The summed E-state index contributed by atoms with van der Waals surface area (Å²) in [5.74, 6) is 1.51. The fourth-order valence-corrected chi connectivity index (χ4v) is 1.89. The molecule has 0 aliphatic rings. The molecular weight excluding hydrogens is 282 g/mol. The number of ether oxygens (including phenoxy) is 1. The molecule has 1 heterocycles. The number of aromatic nitrogens is 1. The molecule has 1 N–H and O–H groups in total. The summed E-state index contributed by atoms with van der Waals surface area (Å²) in [7, 11) is 1.59. The van der Waals surface area contributed by atoms with E-state index in [2.05, 4.69) is 12.6 Å². The number of aromatic hydroxyl groups is 1. The van der Waals surface area contributed by atoms with Gasteiger partial charge in [-0.15, -0.1) is 12.6 Å². The maximum Gasteiger partial charge on any atom is 0.191 e. The normalized spacial score (nSPS) is 10.1. The van der Waals surface area contributed by atoms with Crippen LogP contribution in [0.25, 0.3) is 12.2 Å². The van der Waals surface area contributed by atoms with Crippen LogP contribution < -0.4 is 9.30 Å². The summed E-state index contributed by atoms with van der Waals surface area (Å²) in [4.78, 5) is 0. The maximum absolute atomic E-state index is 9.40. The first-order valence-electron chi connectivity index (χ1n) is 6.88. The Morgan fingerprint density at radius 1 is 1.14 bits per heavy atom. The second-order valence-electron chi connectivity index (χ2n) is 4.05. The van der Waals surface area contributed by atoms with Crippen LogP contribution in [0.4, 0.5) is 0 Å². The van der Waals surface area contributed by atoms with Crippen molar-refractivity contribution in [3.8, 4) is 11.5 Å². The molecule has 0 fully saturated rings. The molecule has 0 aliphatic carbocycles. The Kier molecular flexibility index (Phi) is 7.40. The summed E-state index contributed by atoms with van der Waals surface area (Å²) < 4.78 is 7.20. The van der Waals surface area contributed by atoms with Gasteiger partial charge in [0.25, 0.3) is 0 Å². The van der Waals surface area contributed by atoms with Gasteiger partial charge in [-0.05, 0) is 17.7 Å². The molecule has 0 unspecified atom stereocenters. The van der Waals surface area contributed by atoms with Crippen molar-refractivity contribution in [3.05, 3.63) is 53.9 Å². The van der Waals surface area contributed by atoms with E-state index in [9.17, 15) is 5.11 Å². The third kappa shape index (κ3) is 5.16. The number of rotatable bonds is 4. The van der Waals surface area contributed by atoms with E-state index in [1.807, 2.05) is 61.2 Å². The van der Waals surface area contributed by atoms with E-state index >= 15 is 0 Å². The lowest BCUT2D eigenvalue weighted by molar-refractivity contribution is -0.675. The van der Waals surface area contributed by atoms with Crippen molar-refractivity contribution in [3.63, 3.8) is 0 Å². The van der Waals surface area contributed by atoms with Crippen molar-refractivity contribution < 1.29 is 14.4 Å². The highest BCUT2D eigenvalue weighted by atomic mass is 32.1. The minimum atomic E-state index is 0.198. The molecule has 1 aromatic carbocycles. The summed E-state index contributed by atoms with van der Waals surface area (Å²) in [6.07, 6.45) is 7.90. The fourth-order valence-electron chi connectivity index (χ4n) is 1.70. The van der Waals surface area contributed by atoms with Gasteiger partial charge in [0.1, 0.15) is 11.5 Å². The van der Waals surface area contributed by atoms with Gasteiger partial charge in [-0.2, -0.15) is 4.57 Å². The summed E-state index contributed by atoms with van der Waals surface area (Å²) in [5.41, 5.74) is 2.01. The van der Waals surface area contributed by atoms with E-state index in [1.54, 1.807) is 19.2 Å². The molecule has 0 amide bonds. The SMILES string of the molecule is CC.COc1cc(O)ccc1/C=C/c1cc[n+](CS)cc1. The molecule has 112 valence electrons. The van der Waals surface area contributed by atoms with E-state index in [0.717, 1.165) is 11.1 Å². The number of phenols is 1. The van der Waals surface area contributed by atoms with Crippen LogP contribution in [0.1, 0.15) is 25.0 Å². The van der Waals surface area contributed by atoms with Crippen LogP contribution in [-0.4, -0.2) is 12.2 Å². The van der Waals surface area contributed by atoms with Crippen LogP contribution in [0.2, 0.25) is 0 Å². The molecule has 0 bridgehead atoms. The Labute approximate surface area is 131 Å². The monoisotopic (exact) mass is 304 g/mol. The van der Waals surface area contributed by atoms with Crippen molar-refractivity contribution in [1.29, 1.82) is 0 Å². The summed E-state index contributed by atoms with van der Waals surface area (Å²) in [6, 6.07) is 9.09. The quantitative estimate of drug-likeness (QED) is 0.666. The molecule has 2 aromatic rings.